The first kappa shape index (κ1) is 45.7. The summed E-state index contributed by atoms with van der Waals surface area (Å²) in [6, 6.07) is 0. The molecule has 0 unspecified atom stereocenters. The van der Waals surface area contributed by atoms with Crippen molar-refractivity contribution in [3.8, 4) is 24.7 Å². The van der Waals surface area contributed by atoms with Gasteiger partial charge >= 0.3 is 0 Å². The molecule has 2 atom stereocenters. The van der Waals surface area contributed by atoms with E-state index in [1.165, 1.54) is 180 Å². The van der Waals surface area contributed by atoms with Crippen molar-refractivity contribution in [1.29, 1.82) is 0 Å². The predicted molar refractivity (Wildman–Crippen MR) is 214 cm³/mol. The average Bonchev–Trinajstić information content (AvgIpc) is 3.10. The van der Waals surface area contributed by atoms with Crippen molar-refractivity contribution in [2.24, 2.45) is 0 Å². The molecule has 0 heterocycles. The van der Waals surface area contributed by atoms with E-state index in [9.17, 15) is 10.2 Å². The van der Waals surface area contributed by atoms with E-state index in [-0.39, 0.29) is 0 Å². The molecule has 0 spiro atoms. The van der Waals surface area contributed by atoms with Gasteiger partial charge in [-0.1, -0.05) is 150 Å². The minimum absolute atomic E-state index is 0.725. The van der Waals surface area contributed by atoms with Crippen molar-refractivity contribution >= 4 is 0 Å². The second-order valence-electron chi connectivity index (χ2n) is 13.6. The zero-order chi connectivity index (χ0) is 34.9. The van der Waals surface area contributed by atoms with Gasteiger partial charge in [0.15, 0.2) is 0 Å². The summed E-state index contributed by atoms with van der Waals surface area (Å²) in [5.74, 6) is 4.60. The summed E-state index contributed by atoms with van der Waals surface area (Å²) in [6.07, 6.45) is 69.6. The molecule has 272 valence electrons. The number of hydrogen-bond donors (Lipinski definition) is 2. The van der Waals surface area contributed by atoms with Gasteiger partial charge in [-0.05, 0) is 115 Å². The molecule has 2 N–H and O–H groups in total. The minimum atomic E-state index is -0.725. The monoisotopic (exact) mass is 661 g/mol. The molecule has 0 aromatic heterocycles. The maximum Gasteiger partial charge on any atom is 0.133 e. The van der Waals surface area contributed by atoms with E-state index in [0.29, 0.717) is 0 Å². The van der Waals surface area contributed by atoms with Gasteiger partial charge in [0, 0.05) is 0 Å². The van der Waals surface area contributed by atoms with Crippen LogP contribution in [-0.2, 0) is 0 Å². The molecule has 48 heavy (non-hydrogen) atoms. The number of hydrogen-bond acceptors (Lipinski definition) is 2. The fraction of sp³-hybridized carbons (Fsp3) is 0.696. The Hall–Kier alpha value is -2.26. The number of unbranched alkanes of at least 4 members (excludes halogenated alkanes) is 26. The van der Waals surface area contributed by atoms with Crippen LogP contribution in [0.5, 0.6) is 0 Å². The van der Waals surface area contributed by atoms with Crippen LogP contribution in [0.1, 0.15) is 193 Å². The highest BCUT2D eigenvalue weighted by Gasteiger charge is 1.95. The second-order valence-corrected chi connectivity index (χ2v) is 13.6. The Morgan fingerprint density at radius 1 is 0.292 bits per heavy atom. The van der Waals surface area contributed by atoms with Gasteiger partial charge in [-0.3, -0.25) is 0 Å². The Balaban J connectivity index is 3.23. The van der Waals surface area contributed by atoms with E-state index in [1.54, 1.807) is 12.2 Å². The Bertz CT molecular complexity index is 805. The van der Waals surface area contributed by atoms with Gasteiger partial charge in [0.1, 0.15) is 12.2 Å². The summed E-state index contributed by atoms with van der Waals surface area (Å²) in [6.45, 7) is 0. The molecular formula is C46H76O2. The van der Waals surface area contributed by atoms with Gasteiger partial charge in [0.05, 0.1) is 0 Å². The van der Waals surface area contributed by atoms with E-state index in [4.69, 9.17) is 12.8 Å². The molecule has 0 aliphatic heterocycles. The Labute approximate surface area is 299 Å². The van der Waals surface area contributed by atoms with Crippen molar-refractivity contribution in [2.75, 3.05) is 0 Å². The lowest BCUT2D eigenvalue weighted by molar-refractivity contribution is 0.280. The summed E-state index contributed by atoms with van der Waals surface area (Å²) in [5, 5.41) is 18.5. The number of aliphatic hydroxyl groups is 2. The summed E-state index contributed by atoms with van der Waals surface area (Å²) in [5.41, 5.74) is 0. The van der Waals surface area contributed by atoms with Crippen LogP contribution in [0.3, 0.4) is 0 Å². The van der Waals surface area contributed by atoms with Crippen LogP contribution in [0, 0.1) is 24.7 Å². The fourth-order valence-electron chi connectivity index (χ4n) is 5.84. The van der Waals surface area contributed by atoms with Crippen LogP contribution in [0.4, 0.5) is 0 Å². The van der Waals surface area contributed by atoms with E-state index in [2.05, 4.69) is 48.3 Å². The maximum atomic E-state index is 9.26. The first-order chi connectivity index (χ1) is 23.7. The SMILES string of the molecule is C#C[C@H](O)/C=C/CCCCC/C=C\CCCCCCCCCC/C=C\CCCCCCCCCC/C=C\CCCCC/C=C/[C@@H](O)C#C. The van der Waals surface area contributed by atoms with Gasteiger partial charge in [-0.25, -0.2) is 0 Å². The quantitative estimate of drug-likeness (QED) is 0.0399. The molecule has 0 radical (unpaired) electrons. The maximum absolute atomic E-state index is 9.26. The third-order valence-corrected chi connectivity index (χ3v) is 8.94. The lowest BCUT2D eigenvalue weighted by Gasteiger charge is -2.01. The van der Waals surface area contributed by atoms with Gasteiger partial charge < -0.3 is 10.2 Å². The van der Waals surface area contributed by atoms with E-state index < -0.39 is 12.2 Å². The molecule has 2 nitrogen and oxygen atoms in total. The summed E-state index contributed by atoms with van der Waals surface area (Å²) >= 11 is 0. The molecule has 0 aromatic carbocycles. The van der Waals surface area contributed by atoms with E-state index >= 15 is 0 Å². The van der Waals surface area contributed by atoms with Crippen LogP contribution in [0.15, 0.2) is 60.8 Å². The van der Waals surface area contributed by atoms with E-state index in [0.717, 1.165) is 12.8 Å². The van der Waals surface area contributed by atoms with E-state index in [1.807, 2.05) is 12.2 Å². The summed E-state index contributed by atoms with van der Waals surface area (Å²) < 4.78 is 0. The third kappa shape index (κ3) is 39.9. The molecule has 0 saturated carbocycles. The predicted octanol–water partition coefficient (Wildman–Crippen LogP) is 13.5. The highest BCUT2D eigenvalue weighted by molar-refractivity contribution is 5.06. The Kier molecular flexibility index (Phi) is 39.0. The molecule has 0 bridgehead atoms. The van der Waals surface area contributed by atoms with Crippen molar-refractivity contribution in [3.63, 3.8) is 0 Å². The Morgan fingerprint density at radius 3 is 0.667 bits per heavy atom. The number of allylic oxidation sites excluding steroid dienone is 8. The minimum Gasteiger partial charge on any atom is -0.377 e. The van der Waals surface area contributed by atoms with Crippen LogP contribution < -0.4 is 0 Å². The molecule has 0 fully saturated rings. The van der Waals surface area contributed by atoms with Crippen LogP contribution in [-0.4, -0.2) is 22.4 Å². The fourth-order valence-corrected chi connectivity index (χ4v) is 5.84. The number of rotatable bonds is 36. The van der Waals surface area contributed by atoms with Crippen molar-refractivity contribution in [3.05, 3.63) is 60.8 Å². The van der Waals surface area contributed by atoms with Crippen LogP contribution in [0.25, 0.3) is 0 Å². The highest BCUT2D eigenvalue weighted by Crippen LogP contribution is 2.14. The standard InChI is InChI=1S/C46H76O2/c1-3-45(47)43-41-39-37-35-33-31-29-27-25-23-21-19-17-15-13-11-9-7-5-6-8-10-12-14-16-18-20-22-24-26-28-30-32-34-36-38-40-42-44-46(48)4-2/h1-2,5-6,27-30,41-48H,7-26,31-40H2/b6-5-,29-27-,30-28-,43-41+,44-42+/t45-,46-/m0/s1. The van der Waals surface area contributed by atoms with Crippen LogP contribution >= 0.6 is 0 Å². The van der Waals surface area contributed by atoms with Gasteiger partial charge in [0.2, 0.25) is 0 Å². The smallest absolute Gasteiger partial charge is 0.133 e. The Morgan fingerprint density at radius 2 is 0.458 bits per heavy atom. The molecule has 0 aliphatic carbocycles. The van der Waals surface area contributed by atoms with Crippen molar-refractivity contribution in [1.82, 2.24) is 0 Å². The number of aliphatic hydroxyl groups excluding tert-OH is 2. The zero-order valence-electron chi connectivity index (χ0n) is 31.2. The molecule has 0 rings (SSSR count). The molecule has 2 heteroatoms. The molecule has 0 aromatic rings. The lowest BCUT2D eigenvalue weighted by Crippen LogP contribution is -1.95. The van der Waals surface area contributed by atoms with Crippen LogP contribution in [0.2, 0.25) is 0 Å². The molecule has 0 amide bonds. The number of terminal acetylenes is 2. The van der Waals surface area contributed by atoms with Crippen molar-refractivity contribution in [2.45, 2.75) is 205 Å². The van der Waals surface area contributed by atoms with Gasteiger partial charge in [-0.15, -0.1) is 12.8 Å². The molecule has 0 aliphatic rings. The normalized spacial score (nSPS) is 13.4. The molecular weight excluding hydrogens is 585 g/mol. The zero-order valence-corrected chi connectivity index (χ0v) is 31.2. The average molecular weight is 661 g/mol. The van der Waals surface area contributed by atoms with Gasteiger partial charge in [0.25, 0.3) is 0 Å². The highest BCUT2D eigenvalue weighted by atomic mass is 16.3. The van der Waals surface area contributed by atoms with Gasteiger partial charge in [-0.2, -0.15) is 0 Å². The van der Waals surface area contributed by atoms with Crippen molar-refractivity contribution < 1.29 is 10.2 Å². The summed E-state index contributed by atoms with van der Waals surface area (Å²) in [7, 11) is 0. The third-order valence-electron chi connectivity index (χ3n) is 8.94. The topological polar surface area (TPSA) is 40.5 Å². The lowest BCUT2D eigenvalue weighted by atomic mass is 10.0. The summed E-state index contributed by atoms with van der Waals surface area (Å²) in [4.78, 5) is 0. The molecule has 0 saturated heterocycles. The first-order valence-corrected chi connectivity index (χ1v) is 20.3. The second kappa shape index (κ2) is 40.9. The first-order valence-electron chi connectivity index (χ1n) is 20.3. The largest absolute Gasteiger partial charge is 0.377 e.